The van der Waals surface area contributed by atoms with Gasteiger partial charge in [-0.2, -0.15) is 0 Å². The number of hydrogen-bond acceptors (Lipinski definition) is 5. The molecule has 1 aromatic carbocycles. The molecule has 106 valence electrons. The van der Waals surface area contributed by atoms with Crippen molar-refractivity contribution in [1.82, 2.24) is 9.97 Å². The van der Waals surface area contributed by atoms with Crippen molar-refractivity contribution in [1.29, 1.82) is 0 Å². The first-order valence-electron chi connectivity index (χ1n) is 6.59. The number of nitrogens with two attached hydrogens (primary N) is 1. The molecule has 5 nitrogen and oxygen atoms in total. The van der Waals surface area contributed by atoms with Crippen LogP contribution in [0.15, 0.2) is 30.6 Å². The summed E-state index contributed by atoms with van der Waals surface area (Å²) in [6, 6.07) is 8.51. The number of methoxy groups -OCH3 is 1. The Hall–Kier alpha value is -2.30. The average molecular weight is 272 g/mol. The van der Waals surface area contributed by atoms with Crippen LogP contribution in [0.5, 0.6) is 5.75 Å². The lowest BCUT2D eigenvalue weighted by Crippen LogP contribution is -2.06. The number of aromatic nitrogens is 2. The largest absolute Gasteiger partial charge is 0.490 e. The summed E-state index contributed by atoms with van der Waals surface area (Å²) in [6.07, 6.45) is 1.42. The van der Waals surface area contributed by atoms with Crippen molar-refractivity contribution in [2.75, 3.05) is 18.2 Å². The van der Waals surface area contributed by atoms with E-state index >= 15 is 0 Å². The molecule has 0 saturated carbocycles. The lowest BCUT2D eigenvalue weighted by Gasteiger charge is -2.11. The monoisotopic (exact) mass is 272 g/mol. The van der Waals surface area contributed by atoms with Crippen LogP contribution in [0.4, 0.5) is 11.6 Å². The Labute approximate surface area is 119 Å². The van der Waals surface area contributed by atoms with Crippen LogP contribution in [0.1, 0.15) is 30.9 Å². The molecular formula is C15H20N4O. The first-order valence-corrected chi connectivity index (χ1v) is 6.59. The van der Waals surface area contributed by atoms with Crippen molar-refractivity contribution in [2.45, 2.75) is 26.3 Å². The van der Waals surface area contributed by atoms with Gasteiger partial charge in [0.25, 0.3) is 0 Å². The van der Waals surface area contributed by atoms with E-state index in [1.165, 1.54) is 17.5 Å². The van der Waals surface area contributed by atoms with Crippen LogP contribution in [0, 0.1) is 0 Å². The van der Waals surface area contributed by atoms with E-state index in [-0.39, 0.29) is 0 Å². The molecule has 0 fully saturated rings. The zero-order valence-electron chi connectivity index (χ0n) is 12.1. The molecule has 20 heavy (non-hydrogen) atoms. The Morgan fingerprint density at radius 3 is 2.50 bits per heavy atom. The van der Waals surface area contributed by atoms with E-state index in [9.17, 15) is 0 Å². The smallest absolute Gasteiger partial charge is 0.203 e. The molecule has 0 unspecified atom stereocenters. The SMILES string of the molecule is COc1c(N)ncnc1NCc1ccc(C(C)C)cc1. The number of rotatable bonds is 5. The molecule has 0 saturated heterocycles. The second-order valence-corrected chi connectivity index (χ2v) is 4.89. The van der Waals surface area contributed by atoms with Gasteiger partial charge in [-0.05, 0) is 17.0 Å². The zero-order valence-corrected chi connectivity index (χ0v) is 12.1. The Bertz CT molecular complexity index is 567. The van der Waals surface area contributed by atoms with E-state index in [0.29, 0.717) is 29.8 Å². The molecule has 0 spiro atoms. The summed E-state index contributed by atoms with van der Waals surface area (Å²) in [5.74, 6) is 1.96. The van der Waals surface area contributed by atoms with Crippen LogP contribution < -0.4 is 15.8 Å². The van der Waals surface area contributed by atoms with Gasteiger partial charge in [0.2, 0.25) is 5.75 Å². The van der Waals surface area contributed by atoms with E-state index < -0.39 is 0 Å². The fourth-order valence-electron chi connectivity index (χ4n) is 1.92. The number of nitrogens with zero attached hydrogens (tertiary/aromatic N) is 2. The first-order chi connectivity index (χ1) is 9.61. The lowest BCUT2D eigenvalue weighted by molar-refractivity contribution is 0.415. The average Bonchev–Trinajstić information content (AvgIpc) is 2.45. The van der Waals surface area contributed by atoms with E-state index in [1.54, 1.807) is 7.11 Å². The predicted molar refractivity (Wildman–Crippen MR) is 80.9 cm³/mol. The van der Waals surface area contributed by atoms with Gasteiger partial charge in [0.15, 0.2) is 11.6 Å². The highest BCUT2D eigenvalue weighted by molar-refractivity contribution is 5.61. The summed E-state index contributed by atoms with van der Waals surface area (Å²) in [6.45, 7) is 5.02. The minimum Gasteiger partial charge on any atom is -0.490 e. The highest BCUT2D eigenvalue weighted by atomic mass is 16.5. The van der Waals surface area contributed by atoms with Gasteiger partial charge in [0.1, 0.15) is 6.33 Å². The van der Waals surface area contributed by atoms with Gasteiger partial charge < -0.3 is 15.8 Å². The zero-order chi connectivity index (χ0) is 14.5. The molecule has 1 aromatic heterocycles. The summed E-state index contributed by atoms with van der Waals surface area (Å²) >= 11 is 0. The van der Waals surface area contributed by atoms with Gasteiger partial charge in [-0.25, -0.2) is 9.97 Å². The van der Waals surface area contributed by atoms with Crippen molar-refractivity contribution in [2.24, 2.45) is 0 Å². The van der Waals surface area contributed by atoms with Gasteiger partial charge >= 0.3 is 0 Å². The molecule has 0 aliphatic carbocycles. The number of nitrogen functional groups attached to an aromatic ring is 1. The summed E-state index contributed by atoms with van der Waals surface area (Å²) in [5, 5.41) is 3.21. The molecule has 3 N–H and O–H groups in total. The third-order valence-electron chi connectivity index (χ3n) is 3.14. The minimum atomic E-state index is 0.333. The van der Waals surface area contributed by atoms with E-state index in [1.807, 2.05) is 0 Å². The molecule has 5 heteroatoms. The number of benzene rings is 1. The van der Waals surface area contributed by atoms with Crippen molar-refractivity contribution < 1.29 is 4.74 Å². The number of hydrogen-bond donors (Lipinski definition) is 2. The Balaban J connectivity index is 2.07. The maximum atomic E-state index is 5.74. The van der Waals surface area contributed by atoms with Gasteiger partial charge in [-0.3, -0.25) is 0 Å². The quantitative estimate of drug-likeness (QED) is 0.875. The van der Waals surface area contributed by atoms with Gasteiger partial charge in [0, 0.05) is 6.54 Å². The van der Waals surface area contributed by atoms with Crippen LogP contribution in [-0.2, 0) is 6.54 Å². The molecule has 2 aromatic rings. The summed E-state index contributed by atoms with van der Waals surface area (Å²) in [4.78, 5) is 8.04. The second kappa shape index (κ2) is 6.23. The fraction of sp³-hybridized carbons (Fsp3) is 0.333. The van der Waals surface area contributed by atoms with Gasteiger partial charge in [0.05, 0.1) is 7.11 Å². The van der Waals surface area contributed by atoms with Gasteiger partial charge in [-0.15, -0.1) is 0 Å². The summed E-state index contributed by atoms with van der Waals surface area (Å²) < 4.78 is 5.20. The van der Waals surface area contributed by atoms with E-state index in [0.717, 1.165) is 0 Å². The Kier molecular flexibility index (Phi) is 4.40. The maximum absolute atomic E-state index is 5.74. The number of nitrogens with one attached hydrogen (secondary N) is 1. The van der Waals surface area contributed by atoms with Gasteiger partial charge in [-0.1, -0.05) is 38.1 Å². The van der Waals surface area contributed by atoms with Crippen LogP contribution in [0.3, 0.4) is 0 Å². The fourth-order valence-corrected chi connectivity index (χ4v) is 1.92. The molecule has 2 rings (SSSR count). The van der Waals surface area contributed by atoms with Crippen LogP contribution in [-0.4, -0.2) is 17.1 Å². The standard InChI is InChI=1S/C15H20N4O/c1-10(2)12-6-4-11(5-7-12)8-17-15-13(20-3)14(16)18-9-19-15/h4-7,9-10H,8H2,1-3H3,(H3,16,17,18,19). The predicted octanol–water partition coefficient (Wildman–Crippen LogP) is 2.80. The minimum absolute atomic E-state index is 0.333. The van der Waals surface area contributed by atoms with Crippen molar-refractivity contribution in [3.05, 3.63) is 41.7 Å². The molecule has 0 aliphatic rings. The maximum Gasteiger partial charge on any atom is 0.203 e. The second-order valence-electron chi connectivity index (χ2n) is 4.89. The third-order valence-corrected chi connectivity index (χ3v) is 3.14. The lowest BCUT2D eigenvalue weighted by atomic mass is 10.0. The third kappa shape index (κ3) is 3.17. The van der Waals surface area contributed by atoms with E-state index in [4.69, 9.17) is 10.5 Å². The highest BCUT2D eigenvalue weighted by Crippen LogP contribution is 2.26. The Morgan fingerprint density at radius 1 is 1.20 bits per heavy atom. The number of anilines is 2. The number of ether oxygens (including phenoxy) is 1. The molecular weight excluding hydrogens is 252 g/mol. The van der Waals surface area contributed by atoms with Crippen molar-refractivity contribution in [3.8, 4) is 5.75 Å². The highest BCUT2D eigenvalue weighted by Gasteiger charge is 2.08. The van der Waals surface area contributed by atoms with Crippen molar-refractivity contribution in [3.63, 3.8) is 0 Å². The normalized spacial score (nSPS) is 10.6. The molecule has 0 radical (unpaired) electrons. The molecule has 1 heterocycles. The molecule has 0 aliphatic heterocycles. The van der Waals surface area contributed by atoms with Crippen LogP contribution >= 0.6 is 0 Å². The van der Waals surface area contributed by atoms with Crippen LogP contribution in [0.25, 0.3) is 0 Å². The summed E-state index contributed by atoms with van der Waals surface area (Å²) in [7, 11) is 1.55. The van der Waals surface area contributed by atoms with Crippen LogP contribution in [0.2, 0.25) is 0 Å². The summed E-state index contributed by atoms with van der Waals surface area (Å²) in [5.41, 5.74) is 8.24. The molecule has 0 bridgehead atoms. The topological polar surface area (TPSA) is 73.1 Å². The molecule has 0 atom stereocenters. The van der Waals surface area contributed by atoms with E-state index in [2.05, 4.69) is 53.4 Å². The van der Waals surface area contributed by atoms with Crippen molar-refractivity contribution >= 4 is 11.6 Å². The molecule has 0 amide bonds. The first kappa shape index (κ1) is 14.1. The Morgan fingerprint density at radius 2 is 1.90 bits per heavy atom.